The fourth-order valence-corrected chi connectivity index (χ4v) is 3.58. The standard InChI is InChI=1S/C20H23ClN2O.ClH/c21-18-9-5-4-8-15(18)13-19(14-6-2-1-3-7-14)23-20(24)16-10-11-17(22)12-16;/h1-9,16-17,19H,10-13,22H2,(H,23,24);1H. The Labute approximate surface area is 160 Å². The highest BCUT2D eigenvalue weighted by molar-refractivity contribution is 6.31. The highest BCUT2D eigenvalue weighted by Gasteiger charge is 2.29. The molecule has 3 rings (SSSR count). The molecule has 1 aliphatic rings. The minimum absolute atomic E-state index is 0. The Morgan fingerprint density at radius 3 is 2.44 bits per heavy atom. The Kier molecular flexibility index (Phi) is 7.30. The number of halogens is 2. The molecule has 0 aromatic heterocycles. The molecule has 0 aliphatic heterocycles. The van der Waals surface area contributed by atoms with Crippen molar-refractivity contribution in [2.45, 2.75) is 37.8 Å². The van der Waals surface area contributed by atoms with Crippen molar-refractivity contribution in [2.75, 3.05) is 0 Å². The molecule has 1 fully saturated rings. The van der Waals surface area contributed by atoms with E-state index in [4.69, 9.17) is 17.3 Å². The molecule has 3 N–H and O–H groups in total. The highest BCUT2D eigenvalue weighted by Crippen LogP contribution is 2.27. The lowest BCUT2D eigenvalue weighted by Crippen LogP contribution is -2.34. The number of nitrogens with two attached hydrogens (primary N) is 1. The summed E-state index contributed by atoms with van der Waals surface area (Å²) in [5.74, 6) is 0.126. The quantitative estimate of drug-likeness (QED) is 0.814. The van der Waals surface area contributed by atoms with Crippen LogP contribution in [0.15, 0.2) is 54.6 Å². The SMILES string of the molecule is Cl.NC1CCC(C(=O)NC(Cc2ccccc2Cl)c2ccccc2)C1. The van der Waals surface area contributed by atoms with Gasteiger partial charge in [-0.05, 0) is 42.9 Å². The fourth-order valence-electron chi connectivity index (χ4n) is 3.37. The van der Waals surface area contributed by atoms with Gasteiger partial charge in [0.05, 0.1) is 6.04 Å². The van der Waals surface area contributed by atoms with Gasteiger partial charge in [0.1, 0.15) is 0 Å². The Hall–Kier alpha value is -1.55. The number of hydrogen-bond donors (Lipinski definition) is 2. The third-order valence-corrected chi connectivity index (χ3v) is 5.11. The van der Waals surface area contributed by atoms with Gasteiger partial charge in [-0.15, -0.1) is 12.4 Å². The maximum atomic E-state index is 12.7. The average Bonchev–Trinajstić information content (AvgIpc) is 3.03. The monoisotopic (exact) mass is 378 g/mol. The van der Waals surface area contributed by atoms with E-state index in [1.807, 2.05) is 54.6 Å². The largest absolute Gasteiger partial charge is 0.349 e. The molecule has 25 heavy (non-hydrogen) atoms. The van der Waals surface area contributed by atoms with Crippen LogP contribution in [0.25, 0.3) is 0 Å². The third-order valence-electron chi connectivity index (χ3n) is 4.74. The normalized spacial score (nSPS) is 20.6. The van der Waals surface area contributed by atoms with Crippen LogP contribution in [0.4, 0.5) is 0 Å². The molecule has 3 nitrogen and oxygen atoms in total. The van der Waals surface area contributed by atoms with E-state index in [0.717, 1.165) is 35.4 Å². The van der Waals surface area contributed by atoms with Crippen molar-refractivity contribution in [2.24, 2.45) is 11.7 Å². The first-order valence-electron chi connectivity index (χ1n) is 8.48. The maximum Gasteiger partial charge on any atom is 0.223 e. The van der Waals surface area contributed by atoms with Gasteiger partial charge in [-0.1, -0.05) is 60.1 Å². The molecule has 1 aliphatic carbocycles. The lowest BCUT2D eigenvalue weighted by molar-refractivity contribution is -0.125. The van der Waals surface area contributed by atoms with Gasteiger partial charge in [0.2, 0.25) is 5.91 Å². The predicted octanol–water partition coefficient (Wildman–Crippen LogP) is 4.29. The van der Waals surface area contributed by atoms with Gasteiger partial charge in [0, 0.05) is 17.0 Å². The summed E-state index contributed by atoms with van der Waals surface area (Å²) in [6, 6.07) is 17.9. The maximum absolute atomic E-state index is 12.7. The number of benzene rings is 2. The van der Waals surface area contributed by atoms with Gasteiger partial charge >= 0.3 is 0 Å². The lowest BCUT2D eigenvalue weighted by Gasteiger charge is -2.22. The summed E-state index contributed by atoms with van der Waals surface area (Å²) < 4.78 is 0. The van der Waals surface area contributed by atoms with E-state index in [-0.39, 0.29) is 36.3 Å². The van der Waals surface area contributed by atoms with E-state index in [0.29, 0.717) is 6.42 Å². The smallest absolute Gasteiger partial charge is 0.223 e. The van der Waals surface area contributed by atoms with Gasteiger partial charge in [-0.25, -0.2) is 0 Å². The second kappa shape index (κ2) is 9.23. The van der Waals surface area contributed by atoms with Gasteiger partial charge in [0.15, 0.2) is 0 Å². The van der Waals surface area contributed by atoms with E-state index in [2.05, 4.69) is 5.32 Å². The topological polar surface area (TPSA) is 55.1 Å². The summed E-state index contributed by atoms with van der Waals surface area (Å²) in [7, 11) is 0. The molecule has 5 heteroatoms. The first kappa shape index (κ1) is 19.8. The second-order valence-corrected chi connectivity index (χ2v) is 6.94. The number of amides is 1. The molecule has 0 radical (unpaired) electrons. The van der Waals surface area contributed by atoms with E-state index in [9.17, 15) is 4.79 Å². The summed E-state index contributed by atoms with van der Waals surface area (Å²) in [5, 5.41) is 3.95. The predicted molar refractivity (Wildman–Crippen MR) is 105 cm³/mol. The molecule has 0 saturated heterocycles. The van der Waals surface area contributed by atoms with Crippen LogP contribution in [0.3, 0.4) is 0 Å². The Bertz CT molecular complexity index is 693. The number of carbonyl (C=O) groups excluding carboxylic acids is 1. The van der Waals surface area contributed by atoms with Crippen LogP contribution in [0.2, 0.25) is 5.02 Å². The van der Waals surface area contributed by atoms with Crippen molar-refractivity contribution in [1.82, 2.24) is 5.32 Å². The zero-order valence-corrected chi connectivity index (χ0v) is 15.6. The molecule has 2 aromatic rings. The van der Waals surface area contributed by atoms with Gasteiger partial charge in [0.25, 0.3) is 0 Å². The summed E-state index contributed by atoms with van der Waals surface area (Å²) in [4.78, 5) is 12.7. The van der Waals surface area contributed by atoms with Crippen molar-refractivity contribution >= 4 is 29.9 Å². The summed E-state index contributed by atoms with van der Waals surface area (Å²) in [6.45, 7) is 0. The minimum atomic E-state index is -0.0876. The Balaban J connectivity index is 0.00000225. The Morgan fingerprint density at radius 2 is 1.80 bits per heavy atom. The number of rotatable bonds is 5. The minimum Gasteiger partial charge on any atom is -0.349 e. The van der Waals surface area contributed by atoms with Gasteiger partial charge in [-0.3, -0.25) is 4.79 Å². The van der Waals surface area contributed by atoms with E-state index in [1.54, 1.807) is 0 Å². The van der Waals surface area contributed by atoms with Crippen molar-refractivity contribution < 1.29 is 4.79 Å². The van der Waals surface area contributed by atoms with Gasteiger partial charge < -0.3 is 11.1 Å². The zero-order valence-electron chi connectivity index (χ0n) is 14.0. The summed E-state index contributed by atoms with van der Waals surface area (Å²) in [6.07, 6.45) is 3.26. The van der Waals surface area contributed by atoms with Crippen LogP contribution < -0.4 is 11.1 Å². The number of carbonyl (C=O) groups is 1. The van der Waals surface area contributed by atoms with Crippen molar-refractivity contribution in [3.63, 3.8) is 0 Å². The first-order valence-corrected chi connectivity index (χ1v) is 8.85. The molecule has 3 unspecified atom stereocenters. The van der Waals surface area contributed by atoms with E-state index in [1.165, 1.54) is 0 Å². The molecule has 0 spiro atoms. The van der Waals surface area contributed by atoms with Gasteiger partial charge in [-0.2, -0.15) is 0 Å². The first-order chi connectivity index (χ1) is 11.6. The van der Waals surface area contributed by atoms with Crippen LogP contribution in [0.5, 0.6) is 0 Å². The highest BCUT2D eigenvalue weighted by atomic mass is 35.5. The molecule has 0 bridgehead atoms. The third kappa shape index (κ3) is 5.21. The molecule has 1 saturated carbocycles. The van der Waals surface area contributed by atoms with Crippen LogP contribution >= 0.6 is 24.0 Å². The average molecular weight is 379 g/mol. The summed E-state index contributed by atoms with van der Waals surface area (Å²) in [5.41, 5.74) is 8.08. The van der Waals surface area contributed by atoms with Crippen LogP contribution in [0.1, 0.15) is 36.4 Å². The molecule has 3 atom stereocenters. The Morgan fingerprint density at radius 1 is 1.12 bits per heavy atom. The van der Waals surface area contributed by atoms with Crippen LogP contribution in [-0.4, -0.2) is 11.9 Å². The molecular formula is C20H24Cl2N2O. The van der Waals surface area contributed by atoms with Crippen molar-refractivity contribution in [3.8, 4) is 0 Å². The second-order valence-electron chi connectivity index (χ2n) is 6.54. The molecular weight excluding hydrogens is 355 g/mol. The number of nitrogens with one attached hydrogen (secondary N) is 1. The summed E-state index contributed by atoms with van der Waals surface area (Å²) >= 11 is 6.31. The van der Waals surface area contributed by atoms with Crippen LogP contribution in [0, 0.1) is 5.92 Å². The molecule has 2 aromatic carbocycles. The van der Waals surface area contributed by atoms with Crippen molar-refractivity contribution in [3.05, 3.63) is 70.7 Å². The van der Waals surface area contributed by atoms with Crippen molar-refractivity contribution in [1.29, 1.82) is 0 Å². The number of hydrogen-bond acceptors (Lipinski definition) is 2. The van der Waals surface area contributed by atoms with Crippen LogP contribution in [-0.2, 0) is 11.2 Å². The molecule has 1 amide bonds. The zero-order chi connectivity index (χ0) is 16.9. The van der Waals surface area contributed by atoms with E-state index < -0.39 is 0 Å². The molecule has 134 valence electrons. The fraction of sp³-hybridized carbons (Fsp3) is 0.350. The van der Waals surface area contributed by atoms with E-state index >= 15 is 0 Å². The lowest BCUT2D eigenvalue weighted by atomic mass is 9.97. The molecule has 0 heterocycles.